The number of urea groups is 1. The Morgan fingerprint density at radius 1 is 1.40 bits per heavy atom. The Balaban J connectivity index is 2.69. The third-order valence-electron chi connectivity index (χ3n) is 3.14. The van der Waals surface area contributed by atoms with Crippen molar-refractivity contribution in [2.45, 2.75) is 39.3 Å². The first-order chi connectivity index (χ1) is 9.32. The molecule has 1 heterocycles. The quantitative estimate of drug-likeness (QED) is 0.848. The van der Waals surface area contributed by atoms with E-state index in [0.29, 0.717) is 10.8 Å². The molecule has 0 fully saturated rings. The molecule has 0 aliphatic heterocycles. The Bertz CT molecular complexity index is 445. The van der Waals surface area contributed by atoms with Gasteiger partial charge in [0.1, 0.15) is 0 Å². The molecule has 0 spiro atoms. The van der Waals surface area contributed by atoms with Crippen LogP contribution in [-0.4, -0.2) is 35.1 Å². The van der Waals surface area contributed by atoms with Gasteiger partial charge < -0.3 is 15.3 Å². The third-order valence-corrected chi connectivity index (χ3v) is 4.07. The van der Waals surface area contributed by atoms with E-state index in [1.54, 1.807) is 29.5 Å². The summed E-state index contributed by atoms with van der Waals surface area (Å²) in [5.74, 6) is -0.571. The molecule has 2 N–H and O–H groups in total. The lowest BCUT2D eigenvalue weighted by Gasteiger charge is -2.27. The third kappa shape index (κ3) is 4.52. The number of thiophene rings is 1. The molecule has 0 aromatic carbocycles. The summed E-state index contributed by atoms with van der Waals surface area (Å²) in [6.07, 6.45) is 0.876. The average Bonchev–Trinajstić information content (AvgIpc) is 2.86. The molecule has 2 unspecified atom stereocenters. The topological polar surface area (TPSA) is 69.6 Å². The second kappa shape index (κ2) is 7.28. The van der Waals surface area contributed by atoms with Crippen molar-refractivity contribution in [3.63, 3.8) is 0 Å². The van der Waals surface area contributed by atoms with E-state index in [1.807, 2.05) is 6.92 Å². The number of nitrogens with zero attached hydrogens (tertiary/aromatic N) is 1. The van der Waals surface area contributed by atoms with Crippen molar-refractivity contribution in [2.75, 3.05) is 7.05 Å². The highest BCUT2D eigenvalue weighted by molar-refractivity contribution is 7.10. The molecular formula is C14H22N2O3S. The maximum absolute atomic E-state index is 12.1. The molecule has 0 aliphatic rings. The van der Waals surface area contributed by atoms with E-state index in [9.17, 15) is 14.7 Å². The lowest BCUT2D eigenvalue weighted by molar-refractivity contribution is -0.139. The molecule has 0 aliphatic carbocycles. The molecule has 0 saturated heterocycles. The summed E-state index contributed by atoms with van der Waals surface area (Å²) >= 11 is 1.32. The van der Waals surface area contributed by atoms with Gasteiger partial charge in [0, 0.05) is 18.0 Å². The smallest absolute Gasteiger partial charge is 0.331 e. The maximum Gasteiger partial charge on any atom is 0.331 e. The van der Waals surface area contributed by atoms with Crippen molar-refractivity contribution in [3.05, 3.63) is 22.4 Å². The van der Waals surface area contributed by atoms with Crippen LogP contribution >= 0.6 is 11.3 Å². The van der Waals surface area contributed by atoms with Gasteiger partial charge in [-0.25, -0.2) is 9.59 Å². The Morgan fingerprint density at radius 2 is 2.05 bits per heavy atom. The maximum atomic E-state index is 12.1. The molecule has 0 radical (unpaired) electrons. The van der Waals surface area contributed by atoms with Crippen LogP contribution < -0.4 is 5.32 Å². The van der Waals surface area contributed by atoms with Crippen LogP contribution in [0.1, 0.15) is 38.1 Å². The van der Waals surface area contributed by atoms with Crippen LogP contribution in [0.3, 0.4) is 0 Å². The van der Waals surface area contributed by atoms with E-state index in [2.05, 4.69) is 19.2 Å². The number of rotatable bonds is 6. The highest BCUT2D eigenvalue weighted by atomic mass is 32.1. The molecule has 112 valence electrons. The SMILES string of the molecule is CC(C)CC(C)N(C)C(=O)NC(C(=O)O)c1cccs1. The van der Waals surface area contributed by atoms with Crippen LogP contribution in [0.2, 0.25) is 0 Å². The highest BCUT2D eigenvalue weighted by Crippen LogP contribution is 2.20. The molecule has 5 nitrogen and oxygen atoms in total. The van der Waals surface area contributed by atoms with Gasteiger partial charge in [-0.2, -0.15) is 0 Å². The van der Waals surface area contributed by atoms with Crippen LogP contribution in [0, 0.1) is 5.92 Å². The number of aliphatic carboxylic acids is 1. The molecule has 1 aromatic heterocycles. The first kappa shape index (κ1) is 16.5. The standard InChI is InChI=1S/C14H22N2O3S/c1-9(2)8-10(3)16(4)14(19)15-12(13(17)18)11-6-5-7-20-11/h5-7,9-10,12H,8H2,1-4H3,(H,15,19)(H,17,18). The fourth-order valence-electron chi connectivity index (χ4n) is 1.98. The zero-order valence-corrected chi connectivity index (χ0v) is 13.1. The lowest BCUT2D eigenvalue weighted by Crippen LogP contribution is -2.45. The van der Waals surface area contributed by atoms with Crippen molar-refractivity contribution in [2.24, 2.45) is 5.92 Å². The van der Waals surface area contributed by atoms with Gasteiger partial charge in [-0.3, -0.25) is 0 Å². The Morgan fingerprint density at radius 3 is 2.50 bits per heavy atom. The number of amides is 2. The molecule has 1 aromatic rings. The molecule has 2 atom stereocenters. The normalized spacial score (nSPS) is 13.8. The van der Waals surface area contributed by atoms with Gasteiger partial charge in [-0.05, 0) is 30.7 Å². The van der Waals surface area contributed by atoms with Gasteiger partial charge in [0.15, 0.2) is 6.04 Å². The largest absolute Gasteiger partial charge is 0.479 e. The van der Waals surface area contributed by atoms with Crippen LogP contribution in [-0.2, 0) is 4.79 Å². The van der Waals surface area contributed by atoms with Crippen molar-refractivity contribution < 1.29 is 14.7 Å². The minimum Gasteiger partial charge on any atom is -0.479 e. The zero-order valence-electron chi connectivity index (χ0n) is 12.3. The van der Waals surface area contributed by atoms with Gasteiger partial charge in [0.25, 0.3) is 0 Å². The van der Waals surface area contributed by atoms with Crippen molar-refractivity contribution in [3.8, 4) is 0 Å². The number of carboxylic acids is 1. The summed E-state index contributed by atoms with van der Waals surface area (Å²) in [6, 6.07) is 2.19. The summed E-state index contributed by atoms with van der Waals surface area (Å²) in [6.45, 7) is 6.14. The minimum atomic E-state index is -1.05. The van der Waals surface area contributed by atoms with Gasteiger partial charge in [0.2, 0.25) is 0 Å². The first-order valence-corrected chi connectivity index (χ1v) is 7.50. The molecule has 20 heavy (non-hydrogen) atoms. The summed E-state index contributed by atoms with van der Waals surface area (Å²) in [5.41, 5.74) is 0. The van der Waals surface area contributed by atoms with E-state index in [4.69, 9.17) is 0 Å². The summed E-state index contributed by atoms with van der Waals surface area (Å²) in [5, 5.41) is 13.6. The fraction of sp³-hybridized carbons (Fsp3) is 0.571. The van der Waals surface area contributed by atoms with Crippen LogP contribution in [0.4, 0.5) is 4.79 Å². The molecular weight excluding hydrogens is 276 g/mol. The van der Waals surface area contributed by atoms with E-state index in [0.717, 1.165) is 6.42 Å². The Kier molecular flexibility index (Phi) is 6.01. The van der Waals surface area contributed by atoms with Gasteiger partial charge >= 0.3 is 12.0 Å². The zero-order chi connectivity index (χ0) is 15.3. The van der Waals surface area contributed by atoms with E-state index in [1.165, 1.54) is 11.3 Å². The Hall–Kier alpha value is -1.56. The number of hydrogen-bond donors (Lipinski definition) is 2. The van der Waals surface area contributed by atoms with Crippen molar-refractivity contribution in [1.29, 1.82) is 0 Å². The Labute approximate surface area is 123 Å². The number of carbonyl (C=O) groups is 2. The second-order valence-corrected chi connectivity index (χ2v) is 6.30. The minimum absolute atomic E-state index is 0.0628. The van der Waals surface area contributed by atoms with E-state index in [-0.39, 0.29) is 12.1 Å². The lowest BCUT2D eigenvalue weighted by atomic mass is 10.0. The van der Waals surface area contributed by atoms with Crippen molar-refractivity contribution >= 4 is 23.3 Å². The number of carboxylic acid groups (broad SMARTS) is 1. The number of nitrogens with one attached hydrogen (secondary N) is 1. The first-order valence-electron chi connectivity index (χ1n) is 6.62. The van der Waals surface area contributed by atoms with Crippen LogP contribution in [0.5, 0.6) is 0 Å². The van der Waals surface area contributed by atoms with Gasteiger partial charge in [0.05, 0.1) is 0 Å². The second-order valence-electron chi connectivity index (χ2n) is 5.33. The average molecular weight is 298 g/mol. The summed E-state index contributed by atoms with van der Waals surface area (Å²) in [4.78, 5) is 25.6. The van der Waals surface area contributed by atoms with E-state index >= 15 is 0 Å². The predicted octanol–water partition coefficient (Wildman–Crippen LogP) is 2.95. The number of hydrogen-bond acceptors (Lipinski definition) is 3. The van der Waals surface area contributed by atoms with Gasteiger partial charge in [-0.15, -0.1) is 11.3 Å². The predicted molar refractivity (Wildman–Crippen MR) is 79.9 cm³/mol. The summed E-state index contributed by atoms with van der Waals surface area (Å²) in [7, 11) is 1.69. The van der Waals surface area contributed by atoms with E-state index < -0.39 is 12.0 Å². The molecule has 0 bridgehead atoms. The monoisotopic (exact) mass is 298 g/mol. The summed E-state index contributed by atoms with van der Waals surface area (Å²) < 4.78 is 0. The van der Waals surface area contributed by atoms with Crippen molar-refractivity contribution in [1.82, 2.24) is 10.2 Å². The molecule has 6 heteroatoms. The fourth-order valence-corrected chi connectivity index (χ4v) is 2.74. The molecule has 2 amide bonds. The molecule has 0 saturated carbocycles. The molecule has 1 rings (SSSR count). The van der Waals surface area contributed by atoms with Crippen LogP contribution in [0.15, 0.2) is 17.5 Å². The number of carbonyl (C=O) groups excluding carboxylic acids is 1. The van der Waals surface area contributed by atoms with Crippen LogP contribution in [0.25, 0.3) is 0 Å². The van der Waals surface area contributed by atoms with Gasteiger partial charge in [-0.1, -0.05) is 19.9 Å². The highest BCUT2D eigenvalue weighted by Gasteiger charge is 2.26.